The van der Waals surface area contributed by atoms with Gasteiger partial charge >= 0.3 is 0 Å². The molecule has 1 unspecified atom stereocenters. The van der Waals surface area contributed by atoms with Gasteiger partial charge in [0.25, 0.3) is 0 Å². The maximum absolute atomic E-state index is 5.64. The Morgan fingerprint density at radius 2 is 2.00 bits per heavy atom. The minimum Gasteiger partial charge on any atom is -0.389 e. The quantitative estimate of drug-likeness (QED) is 0.567. The molecule has 0 heterocycles. The van der Waals surface area contributed by atoms with Gasteiger partial charge < -0.3 is 16.2 Å². The topological polar surface area (TPSA) is 61.3 Å². The summed E-state index contributed by atoms with van der Waals surface area (Å²) in [5.74, 6) is 0. The van der Waals surface area contributed by atoms with Crippen molar-refractivity contribution in [3.63, 3.8) is 0 Å². The van der Waals surface area contributed by atoms with Crippen LogP contribution in [0.5, 0.6) is 0 Å². The number of hydrogen-bond donors (Lipinski definition) is 2. The summed E-state index contributed by atoms with van der Waals surface area (Å²) in [6, 6.07) is 0. The summed E-state index contributed by atoms with van der Waals surface area (Å²) in [5.41, 5.74) is 11.3. The molecule has 0 rings (SSSR count). The fraction of sp³-hybridized carbons (Fsp3) is 0.500. The van der Waals surface area contributed by atoms with Crippen molar-refractivity contribution in [3.05, 3.63) is 22.0 Å². The molecule has 0 radical (unpaired) electrons. The van der Waals surface area contributed by atoms with Crippen LogP contribution in [0, 0.1) is 0 Å². The Bertz CT molecular complexity index is 218. The maximum Gasteiger partial charge on any atom is 0.105 e. The van der Waals surface area contributed by atoms with Gasteiger partial charge in [0.1, 0.15) is 5.16 Å². The van der Waals surface area contributed by atoms with E-state index in [2.05, 4.69) is 0 Å². The van der Waals surface area contributed by atoms with Gasteiger partial charge in [-0.15, -0.1) is 0 Å². The highest BCUT2D eigenvalue weighted by atomic mass is 35.5. The van der Waals surface area contributed by atoms with Crippen LogP contribution in [-0.2, 0) is 4.74 Å². The zero-order valence-corrected chi connectivity index (χ0v) is 9.19. The Morgan fingerprint density at radius 3 is 2.31 bits per heavy atom. The van der Waals surface area contributed by atoms with E-state index in [1.807, 2.05) is 13.8 Å². The van der Waals surface area contributed by atoms with E-state index < -0.39 is 0 Å². The monoisotopic (exact) mass is 224 g/mol. The molecule has 0 fully saturated rings. The molecule has 0 aromatic rings. The Hall–Kier alpha value is -0.380. The zero-order valence-electron chi connectivity index (χ0n) is 7.68. The van der Waals surface area contributed by atoms with Crippen LogP contribution in [0.1, 0.15) is 13.8 Å². The van der Waals surface area contributed by atoms with E-state index in [9.17, 15) is 0 Å². The van der Waals surface area contributed by atoms with Crippen LogP contribution in [0.25, 0.3) is 0 Å². The lowest BCUT2D eigenvalue weighted by Crippen LogP contribution is -2.14. The van der Waals surface area contributed by atoms with Gasteiger partial charge in [-0.05, 0) is 19.9 Å². The van der Waals surface area contributed by atoms with Gasteiger partial charge in [-0.1, -0.05) is 23.2 Å². The Labute approximate surface area is 88.3 Å². The SMILES string of the molecule is CCOC(C)C(/C=C(\N)Cl)=C(/N)Cl. The number of ether oxygens (including phenoxy) is 1. The highest BCUT2D eigenvalue weighted by Gasteiger charge is 2.09. The summed E-state index contributed by atoms with van der Waals surface area (Å²) < 4.78 is 5.29. The summed E-state index contributed by atoms with van der Waals surface area (Å²) in [5, 5.41) is 0.273. The smallest absolute Gasteiger partial charge is 0.105 e. The zero-order chi connectivity index (χ0) is 10.4. The molecule has 13 heavy (non-hydrogen) atoms. The van der Waals surface area contributed by atoms with Gasteiger partial charge in [-0.2, -0.15) is 0 Å². The molecule has 5 heteroatoms. The van der Waals surface area contributed by atoms with Crippen LogP contribution in [0.2, 0.25) is 0 Å². The average molecular weight is 225 g/mol. The Balaban J connectivity index is 4.64. The first-order valence-corrected chi connectivity index (χ1v) is 4.64. The van der Waals surface area contributed by atoms with Crippen molar-refractivity contribution in [2.24, 2.45) is 11.5 Å². The summed E-state index contributed by atoms with van der Waals surface area (Å²) >= 11 is 11.1. The molecule has 0 aromatic carbocycles. The third-order valence-electron chi connectivity index (χ3n) is 1.42. The molecule has 0 amide bonds. The van der Waals surface area contributed by atoms with Crippen LogP contribution >= 0.6 is 23.2 Å². The molecule has 0 aliphatic carbocycles. The van der Waals surface area contributed by atoms with E-state index in [0.717, 1.165) is 0 Å². The number of nitrogens with two attached hydrogens (primary N) is 2. The lowest BCUT2D eigenvalue weighted by atomic mass is 10.2. The molecule has 0 saturated heterocycles. The summed E-state index contributed by atoms with van der Waals surface area (Å²) in [7, 11) is 0. The van der Waals surface area contributed by atoms with Gasteiger partial charge in [0.2, 0.25) is 0 Å². The molecular weight excluding hydrogens is 211 g/mol. The largest absolute Gasteiger partial charge is 0.389 e. The molecule has 0 bridgehead atoms. The van der Waals surface area contributed by atoms with Crippen molar-refractivity contribution in [2.75, 3.05) is 6.61 Å². The van der Waals surface area contributed by atoms with Crippen LogP contribution in [0.15, 0.2) is 22.0 Å². The molecule has 0 aliphatic rings. The fourth-order valence-corrected chi connectivity index (χ4v) is 1.19. The number of hydrogen-bond acceptors (Lipinski definition) is 3. The number of rotatable bonds is 4. The molecule has 0 aromatic heterocycles. The Kier molecular flexibility index (Phi) is 5.95. The second-order valence-electron chi connectivity index (χ2n) is 2.43. The van der Waals surface area contributed by atoms with Gasteiger partial charge in [0.15, 0.2) is 0 Å². The lowest BCUT2D eigenvalue weighted by Gasteiger charge is -2.13. The van der Waals surface area contributed by atoms with Gasteiger partial charge in [-0.25, -0.2) is 0 Å². The minimum absolute atomic E-state index is 0.130. The van der Waals surface area contributed by atoms with E-state index >= 15 is 0 Å². The number of halogens is 2. The molecule has 0 saturated carbocycles. The molecule has 3 nitrogen and oxygen atoms in total. The second kappa shape index (κ2) is 6.13. The van der Waals surface area contributed by atoms with E-state index in [4.69, 9.17) is 39.4 Å². The summed E-state index contributed by atoms with van der Waals surface area (Å²) in [4.78, 5) is 0. The summed E-state index contributed by atoms with van der Waals surface area (Å²) in [6.45, 7) is 4.28. The van der Waals surface area contributed by atoms with Crippen molar-refractivity contribution in [1.29, 1.82) is 0 Å². The third-order valence-corrected chi connectivity index (χ3v) is 1.75. The first-order chi connectivity index (χ1) is 5.99. The van der Waals surface area contributed by atoms with Crippen LogP contribution in [-0.4, -0.2) is 12.7 Å². The highest BCUT2D eigenvalue weighted by molar-refractivity contribution is 6.30. The first kappa shape index (κ1) is 12.6. The van der Waals surface area contributed by atoms with Crippen molar-refractivity contribution in [3.8, 4) is 0 Å². The Morgan fingerprint density at radius 1 is 1.46 bits per heavy atom. The predicted octanol–water partition coefficient (Wildman–Crippen LogP) is 1.86. The molecule has 0 spiro atoms. The molecule has 76 valence electrons. The van der Waals surface area contributed by atoms with Crippen molar-refractivity contribution >= 4 is 23.2 Å². The van der Waals surface area contributed by atoms with E-state index in [1.165, 1.54) is 6.08 Å². The molecule has 4 N–H and O–H groups in total. The molecule has 0 aliphatic heterocycles. The van der Waals surface area contributed by atoms with Crippen molar-refractivity contribution in [1.82, 2.24) is 0 Å². The van der Waals surface area contributed by atoms with Gasteiger partial charge in [0, 0.05) is 12.2 Å². The van der Waals surface area contributed by atoms with Crippen molar-refractivity contribution < 1.29 is 4.74 Å². The van der Waals surface area contributed by atoms with Crippen LogP contribution < -0.4 is 11.5 Å². The van der Waals surface area contributed by atoms with Crippen LogP contribution in [0.4, 0.5) is 0 Å². The second-order valence-corrected chi connectivity index (χ2v) is 3.27. The van der Waals surface area contributed by atoms with Crippen molar-refractivity contribution in [2.45, 2.75) is 20.0 Å². The van der Waals surface area contributed by atoms with E-state index in [-0.39, 0.29) is 16.4 Å². The maximum atomic E-state index is 5.64. The molecule has 1 atom stereocenters. The first-order valence-electron chi connectivity index (χ1n) is 3.88. The third kappa shape index (κ3) is 5.03. The standard InChI is InChI=1S/C8H14Cl2N2O/c1-3-13-5(2)6(8(10)12)4-7(9)11/h4-5H,3,11-12H2,1-2H3/b7-4-,8-6+. The predicted molar refractivity (Wildman–Crippen MR) is 56.3 cm³/mol. The van der Waals surface area contributed by atoms with E-state index in [1.54, 1.807) is 0 Å². The van der Waals surface area contributed by atoms with Crippen LogP contribution in [0.3, 0.4) is 0 Å². The minimum atomic E-state index is -0.209. The normalized spacial score (nSPS) is 16.8. The molecular formula is C8H14Cl2N2O. The summed E-state index contributed by atoms with van der Waals surface area (Å²) in [6.07, 6.45) is 1.28. The highest BCUT2D eigenvalue weighted by Crippen LogP contribution is 2.15. The van der Waals surface area contributed by atoms with E-state index in [0.29, 0.717) is 12.2 Å². The lowest BCUT2D eigenvalue weighted by molar-refractivity contribution is 0.103. The average Bonchev–Trinajstić information content (AvgIpc) is 1.99. The van der Waals surface area contributed by atoms with Gasteiger partial charge in [0.05, 0.1) is 11.3 Å². The fourth-order valence-electron chi connectivity index (χ4n) is 0.869. The van der Waals surface area contributed by atoms with Gasteiger partial charge in [-0.3, -0.25) is 0 Å².